The number of halogens is 2. The number of nitrogens with one attached hydrogen (secondary N) is 1. The summed E-state index contributed by atoms with van der Waals surface area (Å²) in [6, 6.07) is 30.0. The van der Waals surface area contributed by atoms with E-state index in [2.05, 4.69) is 50.5 Å². The maximum atomic E-state index is 13.7. The molecule has 0 unspecified atom stereocenters. The molecular formula is C32H28F2N4. The number of benzene rings is 4. The summed E-state index contributed by atoms with van der Waals surface area (Å²) in [5.74, 6) is 0.0429. The topological polar surface area (TPSA) is 41.1 Å². The SMILES string of the molecule is Fc1ccc(C(c2ccc(F)cc2)c2ccc3ncnc(NC4CCN(c5ccccc5)CC4)c3c2)cc1. The van der Waals surface area contributed by atoms with Gasteiger partial charge in [0.25, 0.3) is 0 Å². The zero-order valence-corrected chi connectivity index (χ0v) is 20.9. The Morgan fingerprint density at radius 2 is 1.32 bits per heavy atom. The zero-order chi connectivity index (χ0) is 25.9. The van der Waals surface area contributed by atoms with Crippen molar-refractivity contribution in [2.24, 2.45) is 0 Å². The van der Waals surface area contributed by atoms with E-state index in [1.54, 1.807) is 30.6 Å². The van der Waals surface area contributed by atoms with Crippen LogP contribution in [-0.2, 0) is 0 Å². The molecule has 0 bridgehead atoms. The van der Waals surface area contributed by atoms with Gasteiger partial charge in [0, 0.05) is 36.1 Å². The smallest absolute Gasteiger partial charge is 0.137 e. The van der Waals surface area contributed by atoms with Crippen molar-refractivity contribution in [3.8, 4) is 0 Å². The fraction of sp³-hybridized carbons (Fsp3) is 0.188. The van der Waals surface area contributed by atoms with Crippen LogP contribution < -0.4 is 10.2 Å². The van der Waals surface area contributed by atoms with Gasteiger partial charge in [-0.25, -0.2) is 18.7 Å². The van der Waals surface area contributed by atoms with Crippen molar-refractivity contribution in [3.63, 3.8) is 0 Å². The number of rotatable bonds is 6. The van der Waals surface area contributed by atoms with Gasteiger partial charge in [-0.15, -0.1) is 0 Å². The first-order valence-electron chi connectivity index (χ1n) is 13.0. The first kappa shape index (κ1) is 24.0. The Morgan fingerprint density at radius 3 is 1.95 bits per heavy atom. The van der Waals surface area contributed by atoms with Gasteiger partial charge in [0.2, 0.25) is 0 Å². The van der Waals surface area contributed by atoms with Crippen LogP contribution in [0.3, 0.4) is 0 Å². The third-order valence-corrected chi connectivity index (χ3v) is 7.36. The lowest BCUT2D eigenvalue weighted by atomic mass is 9.84. The Morgan fingerprint density at radius 1 is 0.711 bits per heavy atom. The summed E-state index contributed by atoms with van der Waals surface area (Å²) in [6.45, 7) is 1.96. The van der Waals surface area contributed by atoms with Gasteiger partial charge < -0.3 is 10.2 Å². The Labute approximate surface area is 221 Å². The lowest BCUT2D eigenvalue weighted by molar-refractivity contribution is 0.526. The first-order valence-corrected chi connectivity index (χ1v) is 13.0. The molecule has 0 aliphatic carbocycles. The number of nitrogens with zero attached hydrogens (tertiary/aromatic N) is 3. The predicted octanol–water partition coefficient (Wildman–Crippen LogP) is 7.17. The molecule has 38 heavy (non-hydrogen) atoms. The molecule has 2 heterocycles. The van der Waals surface area contributed by atoms with Crippen molar-refractivity contribution in [2.45, 2.75) is 24.8 Å². The molecule has 1 N–H and O–H groups in total. The minimum atomic E-state index is -0.289. The summed E-state index contributed by atoms with van der Waals surface area (Å²) in [4.78, 5) is 11.5. The molecule has 5 aromatic rings. The molecular weight excluding hydrogens is 478 g/mol. The van der Waals surface area contributed by atoms with Crippen LogP contribution in [0, 0.1) is 11.6 Å². The summed E-state index contributed by atoms with van der Waals surface area (Å²) < 4.78 is 27.5. The molecule has 190 valence electrons. The molecule has 0 amide bonds. The van der Waals surface area contributed by atoms with E-state index in [1.165, 1.54) is 30.0 Å². The summed E-state index contributed by atoms with van der Waals surface area (Å²) in [5.41, 5.74) is 4.97. The average molecular weight is 507 g/mol. The van der Waals surface area contributed by atoms with Crippen molar-refractivity contribution < 1.29 is 8.78 Å². The minimum Gasteiger partial charge on any atom is -0.371 e. The number of hydrogen-bond acceptors (Lipinski definition) is 4. The summed E-state index contributed by atoms with van der Waals surface area (Å²) >= 11 is 0. The second kappa shape index (κ2) is 10.6. The van der Waals surface area contributed by atoms with Gasteiger partial charge in [-0.2, -0.15) is 0 Å². The van der Waals surface area contributed by atoms with Gasteiger partial charge in [-0.3, -0.25) is 0 Å². The molecule has 1 saturated heterocycles. The molecule has 4 aromatic carbocycles. The normalized spacial score (nSPS) is 14.2. The van der Waals surface area contributed by atoms with Crippen LogP contribution in [0.1, 0.15) is 35.4 Å². The Hall–Kier alpha value is -4.32. The molecule has 0 radical (unpaired) electrons. The largest absolute Gasteiger partial charge is 0.371 e. The number of aromatic nitrogens is 2. The van der Waals surface area contributed by atoms with Gasteiger partial charge in [0.05, 0.1) is 5.52 Å². The Kier molecular flexibility index (Phi) is 6.69. The molecule has 1 fully saturated rings. The fourth-order valence-corrected chi connectivity index (χ4v) is 5.37. The summed E-state index contributed by atoms with van der Waals surface area (Å²) in [5, 5.41) is 4.61. The van der Waals surface area contributed by atoms with E-state index in [1.807, 2.05) is 18.2 Å². The van der Waals surface area contributed by atoms with Crippen LogP contribution >= 0.6 is 0 Å². The Balaban J connectivity index is 1.30. The standard InChI is InChI=1S/C32H28F2N4/c33-25-11-6-22(7-12-25)31(23-8-13-26(34)14-9-23)24-10-15-30-29(20-24)32(36-21-35-30)37-27-16-18-38(19-17-27)28-4-2-1-3-5-28/h1-15,20-21,27,31H,16-19H2,(H,35,36,37). The van der Waals surface area contributed by atoms with E-state index < -0.39 is 0 Å². The molecule has 0 saturated carbocycles. The number of para-hydroxylation sites is 1. The highest BCUT2D eigenvalue weighted by molar-refractivity contribution is 5.89. The van der Waals surface area contributed by atoms with Crippen molar-refractivity contribution in [2.75, 3.05) is 23.3 Å². The number of piperidine rings is 1. The van der Waals surface area contributed by atoms with Crippen LogP contribution in [0.5, 0.6) is 0 Å². The van der Waals surface area contributed by atoms with Crippen molar-refractivity contribution in [1.82, 2.24) is 9.97 Å². The molecule has 1 aliphatic heterocycles. The molecule has 6 heteroatoms. The molecule has 1 aliphatic rings. The highest BCUT2D eigenvalue weighted by Crippen LogP contribution is 2.35. The Bertz CT molecular complexity index is 1470. The van der Waals surface area contributed by atoms with E-state index >= 15 is 0 Å². The highest BCUT2D eigenvalue weighted by atomic mass is 19.1. The number of anilines is 2. The predicted molar refractivity (Wildman–Crippen MR) is 149 cm³/mol. The summed E-state index contributed by atoms with van der Waals surface area (Å²) in [7, 11) is 0. The summed E-state index contributed by atoms with van der Waals surface area (Å²) in [6.07, 6.45) is 3.61. The zero-order valence-electron chi connectivity index (χ0n) is 20.9. The van der Waals surface area contributed by atoms with Gasteiger partial charge in [-0.05, 0) is 78.1 Å². The maximum Gasteiger partial charge on any atom is 0.137 e. The number of hydrogen-bond donors (Lipinski definition) is 1. The second-order valence-corrected chi connectivity index (χ2v) is 9.78. The average Bonchev–Trinajstić information content (AvgIpc) is 2.96. The van der Waals surface area contributed by atoms with E-state index in [0.717, 1.165) is 59.3 Å². The molecule has 0 spiro atoms. The van der Waals surface area contributed by atoms with Crippen LogP contribution in [0.2, 0.25) is 0 Å². The second-order valence-electron chi connectivity index (χ2n) is 9.78. The molecule has 6 rings (SSSR count). The van der Waals surface area contributed by atoms with Gasteiger partial charge in [-0.1, -0.05) is 48.5 Å². The molecule has 1 aromatic heterocycles. The first-order chi connectivity index (χ1) is 18.6. The van der Waals surface area contributed by atoms with Crippen LogP contribution in [0.4, 0.5) is 20.3 Å². The van der Waals surface area contributed by atoms with Crippen molar-refractivity contribution >= 4 is 22.4 Å². The van der Waals surface area contributed by atoms with Gasteiger partial charge in [0.1, 0.15) is 23.8 Å². The van der Waals surface area contributed by atoms with Crippen molar-refractivity contribution in [1.29, 1.82) is 0 Å². The lowest BCUT2D eigenvalue weighted by Crippen LogP contribution is -2.39. The fourth-order valence-electron chi connectivity index (χ4n) is 5.37. The molecule has 4 nitrogen and oxygen atoms in total. The van der Waals surface area contributed by atoms with Crippen LogP contribution in [0.25, 0.3) is 10.9 Å². The van der Waals surface area contributed by atoms with Crippen LogP contribution in [-0.4, -0.2) is 29.1 Å². The quantitative estimate of drug-likeness (QED) is 0.248. The van der Waals surface area contributed by atoms with E-state index in [0.29, 0.717) is 6.04 Å². The van der Waals surface area contributed by atoms with E-state index in [-0.39, 0.29) is 17.6 Å². The minimum absolute atomic E-state index is 0.192. The maximum absolute atomic E-state index is 13.7. The van der Waals surface area contributed by atoms with E-state index in [4.69, 9.17) is 0 Å². The van der Waals surface area contributed by atoms with Gasteiger partial charge in [0.15, 0.2) is 0 Å². The monoisotopic (exact) mass is 506 g/mol. The number of fused-ring (bicyclic) bond motifs is 1. The van der Waals surface area contributed by atoms with Crippen molar-refractivity contribution in [3.05, 3.63) is 132 Å². The third kappa shape index (κ3) is 5.07. The van der Waals surface area contributed by atoms with Crippen LogP contribution in [0.15, 0.2) is 103 Å². The third-order valence-electron chi connectivity index (χ3n) is 7.36. The van der Waals surface area contributed by atoms with Gasteiger partial charge >= 0.3 is 0 Å². The highest BCUT2D eigenvalue weighted by Gasteiger charge is 2.22. The van der Waals surface area contributed by atoms with E-state index in [9.17, 15) is 8.78 Å². The molecule has 0 atom stereocenters. The lowest BCUT2D eigenvalue weighted by Gasteiger charge is -2.34.